The molecule has 0 saturated heterocycles. The Kier molecular flexibility index (Phi) is 5.78. The largest absolute Gasteiger partial charge is 0.494 e. The van der Waals surface area contributed by atoms with Gasteiger partial charge in [0, 0.05) is 16.9 Å². The van der Waals surface area contributed by atoms with Gasteiger partial charge in [0.05, 0.1) is 6.61 Å². The number of carbonyl (C=O) groups is 2. The molecule has 0 fully saturated rings. The highest BCUT2D eigenvalue weighted by Crippen LogP contribution is 2.17. The second-order valence-corrected chi connectivity index (χ2v) is 5.25. The lowest BCUT2D eigenvalue weighted by molar-refractivity contribution is -0.116. The second-order valence-electron chi connectivity index (χ2n) is 5.25. The van der Waals surface area contributed by atoms with Gasteiger partial charge in [0.15, 0.2) is 0 Å². The molecule has 1 atom stereocenters. The van der Waals surface area contributed by atoms with Crippen molar-refractivity contribution in [3.63, 3.8) is 0 Å². The summed E-state index contributed by atoms with van der Waals surface area (Å²) < 4.78 is 5.38. The minimum absolute atomic E-state index is 0.185. The summed E-state index contributed by atoms with van der Waals surface area (Å²) in [5, 5.41) is 5.90. The number of carbonyl (C=O) groups excluding carboxylic acids is 2. The smallest absolute Gasteiger partial charge is 0.248 e. The molecule has 4 N–H and O–H groups in total. The number of rotatable bonds is 7. The number of hydrogen-bond acceptors (Lipinski definition) is 4. The van der Waals surface area contributed by atoms with E-state index in [-0.39, 0.29) is 5.91 Å². The number of primary amides is 1. The number of nitrogens with two attached hydrogens (primary N) is 1. The molecule has 2 amide bonds. The summed E-state index contributed by atoms with van der Waals surface area (Å²) in [6.07, 6.45) is 0. The predicted molar refractivity (Wildman–Crippen MR) is 94.3 cm³/mol. The molecule has 0 aliphatic heterocycles. The maximum Gasteiger partial charge on any atom is 0.248 e. The molecule has 0 bridgehead atoms. The van der Waals surface area contributed by atoms with E-state index in [1.54, 1.807) is 31.2 Å². The van der Waals surface area contributed by atoms with E-state index in [9.17, 15) is 9.59 Å². The molecule has 2 aromatic rings. The summed E-state index contributed by atoms with van der Waals surface area (Å²) in [6, 6.07) is 13.4. The Balaban J connectivity index is 1.92. The van der Waals surface area contributed by atoms with Gasteiger partial charge in [0.25, 0.3) is 0 Å². The molecule has 6 nitrogen and oxygen atoms in total. The molecule has 2 aromatic carbocycles. The van der Waals surface area contributed by atoms with Gasteiger partial charge in [-0.3, -0.25) is 9.59 Å². The molecular weight excluding hydrogens is 306 g/mol. The Labute approximate surface area is 141 Å². The Bertz CT molecular complexity index is 696. The molecule has 24 heavy (non-hydrogen) atoms. The highest BCUT2D eigenvalue weighted by Gasteiger charge is 2.13. The zero-order chi connectivity index (χ0) is 17.5. The summed E-state index contributed by atoms with van der Waals surface area (Å²) in [7, 11) is 0. The maximum absolute atomic E-state index is 12.2. The van der Waals surface area contributed by atoms with Crippen LogP contribution in [0.1, 0.15) is 24.2 Å². The molecule has 6 heteroatoms. The minimum Gasteiger partial charge on any atom is -0.494 e. The summed E-state index contributed by atoms with van der Waals surface area (Å²) in [5.74, 6) is 0.101. The van der Waals surface area contributed by atoms with Crippen molar-refractivity contribution in [3.05, 3.63) is 54.1 Å². The van der Waals surface area contributed by atoms with Crippen LogP contribution >= 0.6 is 0 Å². The van der Waals surface area contributed by atoms with Crippen molar-refractivity contribution in [2.24, 2.45) is 5.73 Å². The van der Waals surface area contributed by atoms with Gasteiger partial charge in [-0.1, -0.05) is 0 Å². The molecule has 0 spiro atoms. The van der Waals surface area contributed by atoms with E-state index >= 15 is 0 Å². The number of nitrogens with one attached hydrogen (secondary N) is 2. The quantitative estimate of drug-likeness (QED) is 0.729. The van der Waals surface area contributed by atoms with Crippen LogP contribution in [0.3, 0.4) is 0 Å². The molecule has 0 aliphatic rings. The highest BCUT2D eigenvalue weighted by atomic mass is 16.5. The van der Waals surface area contributed by atoms with Crippen LogP contribution < -0.4 is 21.1 Å². The fourth-order valence-corrected chi connectivity index (χ4v) is 2.10. The van der Waals surface area contributed by atoms with E-state index in [0.717, 1.165) is 11.4 Å². The molecule has 0 radical (unpaired) electrons. The van der Waals surface area contributed by atoms with Gasteiger partial charge >= 0.3 is 0 Å². The first-order valence-electron chi connectivity index (χ1n) is 7.69. The van der Waals surface area contributed by atoms with Gasteiger partial charge in [-0.25, -0.2) is 0 Å². The summed E-state index contributed by atoms with van der Waals surface area (Å²) >= 11 is 0. The van der Waals surface area contributed by atoms with E-state index in [1.807, 2.05) is 31.2 Å². The lowest BCUT2D eigenvalue weighted by Gasteiger charge is -2.16. The van der Waals surface area contributed by atoms with Crippen molar-refractivity contribution in [1.82, 2.24) is 0 Å². The van der Waals surface area contributed by atoms with Crippen LogP contribution in [0, 0.1) is 0 Å². The van der Waals surface area contributed by atoms with Gasteiger partial charge in [0.2, 0.25) is 11.8 Å². The molecule has 2 rings (SSSR count). The number of hydrogen-bond donors (Lipinski definition) is 3. The first kappa shape index (κ1) is 17.3. The lowest BCUT2D eigenvalue weighted by Crippen LogP contribution is -2.31. The van der Waals surface area contributed by atoms with Crippen LogP contribution in [0.4, 0.5) is 11.4 Å². The third-order valence-electron chi connectivity index (χ3n) is 3.38. The highest BCUT2D eigenvalue weighted by molar-refractivity contribution is 5.97. The molecule has 126 valence electrons. The van der Waals surface area contributed by atoms with Gasteiger partial charge in [-0.2, -0.15) is 0 Å². The van der Waals surface area contributed by atoms with Crippen molar-refractivity contribution in [1.29, 1.82) is 0 Å². The molecular formula is C18H21N3O3. The molecule has 0 saturated carbocycles. The number of amides is 2. The Hall–Kier alpha value is -3.02. The van der Waals surface area contributed by atoms with E-state index in [1.165, 1.54) is 0 Å². The number of anilines is 2. The van der Waals surface area contributed by atoms with Crippen molar-refractivity contribution in [2.45, 2.75) is 19.9 Å². The van der Waals surface area contributed by atoms with Gasteiger partial charge in [0.1, 0.15) is 11.8 Å². The van der Waals surface area contributed by atoms with Crippen molar-refractivity contribution < 1.29 is 14.3 Å². The van der Waals surface area contributed by atoms with Gasteiger partial charge < -0.3 is 21.1 Å². The average Bonchev–Trinajstić information content (AvgIpc) is 2.57. The molecule has 0 aliphatic carbocycles. The summed E-state index contributed by atoms with van der Waals surface area (Å²) in [6.45, 7) is 4.30. The Morgan fingerprint density at radius 3 is 2.17 bits per heavy atom. The standard InChI is InChI=1S/C18H21N3O3/c1-3-24-16-10-8-14(9-11-16)20-12(2)18(23)21-15-6-4-13(5-7-15)17(19)22/h4-12,20H,3H2,1-2H3,(H2,19,22)(H,21,23). The topological polar surface area (TPSA) is 93.4 Å². The lowest BCUT2D eigenvalue weighted by atomic mass is 10.2. The fraction of sp³-hybridized carbons (Fsp3) is 0.222. The third kappa shape index (κ3) is 4.74. The summed E-state index contributed by atoms with van der Waals surface area (Å²) in [5.41, 5.74) is 7.01. The van der Waals surface area contributed by atoms with Gasteiger partial charge in [-0.15, -0.1) is 0 Å². The SMILES string of the molecule is CCOc1ccc(NC(C)C(=O)Nc2ccc(C(N)=O)cc2)cc1. The monoisotopic (exact) mass is 327 g/mol. The zero-order valence-corrected chi connectivity index (χ0v) is 13.7. The number of ether oxygens (including phenoxy) is 1. The van der Waals surface area contributed by atoms with Crippen molar-refractivity contribution in [2.75, 3.05) is 17.2 Å². The van der Waals surface area contributed by atoms with Crippen LogP contribution in [-0.2, 0) is 4.79 Å². The summed E-state index contributed by atoms with van der Waals surface area (Å²) in [4.78, 5) is 23.2. The molecule has 1 unspecified atom stereocenters. The Morgan fingerprint density at radius 1 is 1.04 bits per heavy atom. The predicted octanol–water partition coefficient (Wildman–Crippen LogP) is 2.62. The fourth-order valence-electron chi connectivity index (χ4n) is 2.10. The Morgan fingerprint density at radius 2 is 1.62 bits per heavy atom. The van der Waals surface area contributed by atoms with E-state index < -0.39 is 11.9 Å². The second kappa shape index (κ2) is 8.01. The number of benzene rings is 2. The van der Waals surface area contributed by atoms with Crippen LogP contribution in [0.2, 0.25) is 0 Å². The normalized spacial score (nSPS) is 11.4. The molecule has 0 heterocycles. The molecule has 0 aromatic heterocycles. The van der Waals surface area contributed by atoms with Crippen molar-refractivity contribution in [3.8, 4) is 5.75 Å². The minimum atomic E-state index is -0.501. The third-order valence-corrected chi connectivity index (χ3v) is 3.38. The first-order chi connectivity index (χ1) is 11.5. The van der Waals surface area contributed by atoms with E-state index in [0.29, 0.717) is 17.9 Å². The van der Waals surface area contributed by atoms with Crippen LogP contribution in [0.15, 0.2) is 48.5 Å². The van der Waals surface area contributed by atoms with Gasteiger partial charge in [-0.05, 0) is 62.4 Å². The van der Waals surface area contributed by atoms with E-state index in [4.69, 9.17) is 10.5 Å². The van der Waals surface area contributed by atoms with Crippen LogP contribution in [0.25, 0.3) is 0 Å². The van der Waals surface area contributed by atoms with Crippen LogP contribution in [0.5, 0.6) is 5.75 Å². The van der Waals surface area contributed by atoms with E-state index in [2.05, 4.69) is 10.6 Å². The van der Waals surface area contributed by atoms with Crippen molar-refractivity contribution >= 4 is 23.2 Å². The first-order valence-corrected chi connectivity index (χ1v) is 7.69. The average molecular weight is 327 g/mol. The zero-order valence-electron chi connectivity index (χ0n) is 13.7. The van der Waals surface area contributed by atoms with Crippen LogP contribution in [-0.4, -0.2) is 24.5 Å². The maximum atomic E-state index is 12.2.